The van der Waals surface area contributed by atoms with Crippen molar-refractivity contribution in [3.05, 3.63) is 0 Å². The lowest BCUT2D eigenvalue weighted by Crippen LogP contribution is -2.63. The smallest absolute Gasteiger partial charge is 0.303 e. The van der Waals surface area contributed by atoms with Gasteiger partial charge in [0.2, 0.25) is 0 Å². The average Bonchev–Trinajstić information content (AvgIpc) is 2.86. The van der Waals surface area contributed by atoms with Crippen LogP contribution in [0.3, 0.4) is 0 Å². The van der Waals surface area contributed by atoms with Gasteiger partial charge in [0, 0.05) is 48.5 Å². The van der Waals surface area contributed by atoms with E-state index in [1.54, 1.807) is 0 Å². The molecule has 43 heavy (non-hydrogen) atoms. The van der Waals surface area contributed by atoms with Crippen LogP contribution in [0.25, 0.3) is 0 Å². The molecular weight excluding hydrogens is 600 g/mol. The SMILES string of the molecule is CC(=O)OC[C@H]1O[C@@H](S[C@@H]2CO[C@H](COC(C)=O)[C@@H](OC(C)=O)[C@@H]2OC(C)=O)[C@H](OC(C)=O)[C@@H](OC(C)=O)[C@H]1OC(C)=O. The van der Waals surface area contributed by atoms with Gasteiger partial charge in [0.25, 0.3) is 0 Å². The van der Waals surface area contributed by atoms with E-state index in [1.807, 2.05) is 0 Å². The predicted molar refractivity (Wildman–Crippen MR) is 141 cm³/mol. The first-order chi connectivity index (χ1) is 20.1. The topological polar surface area (TPSA) is 203 Å². The zero-order valence-electron chi connectivity index (χ0n) is 24.8. The van der Waals surface area contributed by atoms with Crippen LogP contribution in [0.4, 0.5) is 0 Å². The van der Waals surface area contributed by atoms with E-state index in [1.165, 1.54) is 6.92 Å². The molecule has 2 rings (SSSR count). The molecule has 16 nitrogen and oxygen atoms in total. The summed E-state index contributed by atoms with van der Waals surface area (Å²) in [4.78, 5) is 83.4. The van der Waals surface area contributed by atoms with Crippen molar-refractivity contribution in [2.24, 2.45) is 0 Å². The second-order valence-corrected chi connectivity index (χ2v) is 10.9. The van der Waals surface area contributed by atoms with Crippen molar-refractivity contribution in [1.29, 1.82) is 0 Å². The summed E-state index contributed by atoms with van der Waals surface area (Å²) < 4.78 is 49.4. The largest absolute Gasteiger partial charge is 0.463 e. The highest BCUT2D eigenvalue weighted by molar-refractivity contribution is 8.00. The molecule has 0 saturated carbocycles. The van der Waals surface area contributed by atoms with Crippen LogP contribution in [0.1, 0.15) is 48.5 Å². The number of carbonyl (C=O) groups is 7. The van der Waals surface area contributed by atoms with Gasteiger partial charge >= 0.3 is 41.8 Å². The number of ether oxygens (including phenoxy) is 9. The lowest BCUT2D eigenvalue weighted by Gasteiger charge is -2.46. The highest BCUT2D eigenvalue weighted by Crippen LogP contribution is 2.40. The number of esters is 7. The van der Waals surface area contributed by atoms with Crippen molar-refractivity contribution >= 4 is 53.5 Å². The summed E-state index contributed by atoms with van der Waals surface area (Å²) in [6.07, 6.45) is -8.83. The summed E-state index contributed by atoms with van der Waals surface area (Å²) in [6, 6.07) is 0. The second kappa shape index (κ2) is 16.4. The Bertz CT molecular complexity index is 1060. The number of hydrogen-bond acceptors (Lipinski definition) is 17. The van der Waals surface area contributed by atoms with Gasteiger partial charge < -0.3 is 42.6 Å². The lowest BCUT2D eigenvalue weighted by molar-refractivity contribution is -0.237. The Morgan fingerprint density at radius 3 is 1.40 bits per heavy atom. The van der Waals surface area contributed by atoms with Crippen LogP contribution in [-0.4, -0.2) is 115 Å². The monoisotopic (exact) mass is 636 g/mol. The summed E-state index contributed by atoms with van der Waals surface area (Å²) in [5.41, 5.74) is -1.23. The Balaban J connectivity index is 2.53. The quantitative estimate of drug-likeness (QED) is 0.216. The van der Waals surface area contributed by atoms with E-state index in [0.29, 0.717) is 0 Å². The fourth-order valence-corrected chi connectivity index (χ4v) is 5.87. The molecule has 2 heterocycles. The van der Waals surface area contributed by atoms with Crippen LogP contribution in [0.15, 0.2) is 0 Å². The van der Waals surface area contributed by atoms with E-state index in [4.69, 9.17) is 42.6 Å². The Morgan fingerprint density at radius 2 is 0.930 bits per heavy atom. The van der Waals surface area contributed by atoms with Gasteiger partial charge in [0.05, 0.1) is 11.9 Å². The Morgan fingerprint density at radius 1 is 0.535 bits per heavy atom. The summed E-state index contributed by atoms with van der Waals surface area (Å²) in [5, 5.41) is -0.873. The summed E-state index contributed by atoms with van der Waals surface area (Å²) >= 11 is 0.916. The van der Waals surface area contributed by atoms with E-state index < -0.39 is 102 Å². The number of rotatable bonds is 11. The maximum absolute atomic E-state index is 12.2. The molecular formula is C26H36O16S. The van der Waals surface area contributed by atoms with Crippen molar-refractivity contribution < 1.29 is 76.2 Å². The maximum atomic E-state index is 12.2. The molecule has 9 atom stereocenters. The molecule has 17 heteroatoms. The molecule has 2 aliphatic rings. The number of thioether (sulfide) groups is 1. The minimum Gasteiger partial charge on any atom is -0.463 e. The zero-order chi connectivity index (χ0) is 32.4. The summed E-state index contributed by atoms with van der Waals surface area (Å²) in [5.74, 6) is -5.17. The minimum absolute atomic E-state index is 0.167. The highest BCUT2D eigenvalue weighted by Gasteiger charge is 2.55. The van der Waals surface area contributed by atoms with Crippen molar-refractivity contribution in [1.82, 2.24) is 0 Å². The molecule has 2 aliphatic heterocycles. The highest BCUT2D eigenvalue weighted by atomic mass is 32.2. The molecule has 2 saturated heterocycles. The third-order valence-corrected chi connectivity index (χ3v) is 7.24. The first kappa shape index (κ1) is 35.8. The molecule has 0 N–H and O–H groups in total. The van der Waals surface area contributed by atoms with Crippen LogP contribution in [0.5, 0.6) is 0 Å². The van der Waals surface area contributed by atoms with Gasteiger partial charge in [-0.15, -0.1) is 11.8 Å². The Labute approximate surface area is 251 Å². The second-order valence-electron chi connectivity index (χ2n) is 9.56. The molecule has 0 aliphatic carbocycles. The standard InChI is InChI=1S/C26H36O16S/c1-11(27)34-8-18-21(37-13(3)29)23(39-15(5)31)20(10-36-18)43-26-25(41-17(7)33)24(40-16(6)32)22(38-14(4)30)19(42-26)9-35-12(2)28/h18-26H,8-10H2,1-7H3/t18-,19-,20-,21-,22+,23-,24+,25-,26+/m1/s1. The molecule has 0 aromatic rings. The van der Waals surface area contributed by atoms with Gasteiger partial charge in [0.1, 0.15) is 30.9 Å². The number of carbonyl (C=O) groups excluding carboxylic acids is 7. The first-order valence-corrected chi connectivity index (χ1v) is 14.1. The van der Waals surface area contributed by atoms with Gasteiger partial charge in [-0.05, 0) is 0 Å². The normalized spacial score (nSPS) is 30.2. The third-order valence-electron chi connectivity index (χ3n) is 5.84. The summed E-state index contributed by atoms with van der Waals surface area (Å²) in [6.45, 7) is 6.95. The van der Waals surface area contributed by atoms with Crippen molar-refractivity contribution in [3.8, 4) is 0 Å². The molecule has 0 spiro atoms. The van der Waals surface area contributed by atoms with Crippen molar-refractivity contribution in [2.45, 2.75) is 102 Å². The lowest BCUT2D eigenvalue weighted by atomic mass is 9.99. The Hall–Kier alpha value is -3.44. The van der Waals surface area contributed by atoms with Crippen LogP contribution >= 0.6 is 11.8 Å². The van der Waals surface area contributed by atoms with E-state index in [9.17, 15) is 33.6 Å². The maximum Gasteiger partial charge on any atom is 0.303 e. The third kappa shape index (κ3) is 11.3. The fraction of sp³-hybridized carbons (Fsp3) is 0.731. The van der Waals surface area contributed by atoms with Crippen LogP contribution < -0.4 is 0 Å². The zero-order valence-corrected chi connectivity index (χ0v) is 25.6. The van der Waals surface area contributed by atoms with E-state index >= 15 is 0 Å². The molecule has 0 radical (unpaired) electrons. The van der Waals surface area contributed by atoms with Crippen molar-refractivity contribution in [3.63, 3.8) is 0 Å². The van der Waals surface area contributed by atoms with Gasteiger partial charge in [0.15, 0.2) is 30.5 Å². The number of hydrogen-bond donors (Lipinski definition) is 0. The van der Waals surface area contributed by atoms with Gasteiger partial charge in [-0.3, -0.25) is 33.6 Å². The molecule has 0 amide bonds. The van der Waals surface area contributed by atoms with Crippen LogP contribution in [0.2, 0.25) is 0 Å². The van der Waals surface area contributed by atoms with Crippen LogP contribution in [-0.2, 0) is 76.2 Å². The Kier molecular flexibility index (Phi) is 13.7. The molecule has 0 aromatic heterocycles. The van der Waals surface area contributed by atoms with Gasteiger partial charge in [-0.2, -0.15) is 0 Å². The van der Waals surface area contributed by atoms with Crippen molar-refractivity contribution in [2.75, 3.05) is 19.8 Å². The van der Waals surface area contributed by atoms with Gasteiger partial charge in [-0.1, -0.05) is 0 Å². The minimum atomic E-state index is -1.42. The van der Waals surface area contributed by atoms with E-state index in [0.717, 1.165) is 53.3 Å². The van der Waals surface area contributed by atoms with Gasteiger partial charge in [-0.25, -0.2) is 0 Å². The molecule has 2 fully saturated rings. The van der Waals surface area contributed by atoms with E-state index in [2.05, 4.69) is 0 Å². The average molecular weight is 637 g/mol. The molecule has 0 aromatic carbocycles. The fourth-order valence-electron chi connectivity index (χ4n) is 4.43. The molecule has 0 unspecified atom stereocenters. The van der Waals surface area contributed by atoms with E-state index in [-0.39, 0.29) is 13.2 Å². The predicted octanol–water partition coefficient (Wildman–Crippen LogP) is -0.00340. The molecule has 0 bridgehead atoms. The van der Waals surface area contributed by atoms with Crippen LogP contribution in [0, 0.1) is 0 Å². The summed E-state index contributed by atoms with van der Waals surface area (Å²) in [7, 11) is 0. The first-order valence-electron chi connectivity index (χ1n) is 13.1. The molecule has 242 valence electrons.